The number of carbonyl (C=O) groups excluding carboxylic acids is 1. The maximum atomic E-state index is 12.2. The molecule has 2 aromatic rings. The smallest absolute Gasteiger partial charge is 0.251 e. The Bertz CT molecular complexity index is 602. The van der Waals surface area contributed by atoms with Crippen LogP contribution in [0.25, 0.3) is 0 Å². The summed E-state index contributed by atoms with van der Waals surface area (Å²) in [5, 5.41) is 2.96. The molecule has 0 atom stereocenters. The van der Waals surface area contributed by atoms with E-state index in [1.807, 2.05) is 39.0 Å². The lowest BCUT2D eigenvalue weighted by Gasteiger charge is -2.13. The third kappa shape index (κ3) is 4.19. The first-order chi connectivity index (χ1) is 10.1. The Kier molecular flexibility index (Phi) is 5.15. The largest absolute Gasteiger partial charge is 0.350 e. The molecule has 0 fully saturated rings. The van der Waals surface area contributed by atoms with E-state index in [4.69, 9.17) is 0 Å². The number of nitrogens with one attached hydrogen (secondary N) is 1. The highest BCUT2D eigenvalue weighted by Crippen LogP contribution is 2.16. The summed E-state index contributed by atoms with van der Waals surface area (Å²) in [5.41, 5.74) is 4.45. The molecule has 1 amide bonds. The molecule has 0 bridgehead atoms. The lowest BCUT2D eigenvalue weighted by Crippen LogP contribution is -2.30. The molecule has 0 radical (unpaired) electrons. The second-order valence-electron chi connectivity index (χ2n) is 5.70. The normalized spacial score (nSPS) is 10.7. The fraction of sp³-hybridized carbons (Fsp3) is 0.316. The van der Waals surface area contributed by atoms with Crippen LogP contribution in [-0.2, 0) is 12.8 Å². The lowest BCUT2D eigenvalue weighted by molar-refractivity contribution is 0.0942. The molecule has 2 heteroatoms. The van der Waals surface area contributed by atoms with Crippen molar-refractivity contribution in [1.82, 2.24) is 5.32 Å². The van der Waals surface area contributed by atoms with Crippen LogP contribution >= 0.6 is 0 Å². The predicted octanol–water partition coefficient (Wildman–Crippen LogP) is 3.92. The molecule has 0 aliphatic heterocycles. The molecule has 0 aliphatic carbocycles. The summed E-state index contributed by atoms with van der Waals surface area (Å²) < 4.78 is 0. The highest BCUT2D eigenvalue weighted by Gasteiger charge is 2.12. The van der Waals surface area contributed by atoms with Gasteiger partial charge in [-0.2, -0.15) is 0 Å². The van der Waals surface area contributed by atoms with Gasteiger partial charge in [0.15, 0.2) is 0 Å². The van der Waals surface area contributed by atoms with Crippen LogP contribution in [0.4, 0.5) is 0 Å². The van der Waals surface area contributed by atoms with E-state index >= 15 is 0 Å². The molecule has 0 spiro atoms. The molecular formula is C19H23NO. The lowest BCUT2D eigenvalue weighted by atomic mass is 9.96. The van der Waals surface area contributed by atoms with Crippen LogP contribution in [-0.4, -0.2) is 11.9 Å². The van der Waals surface area contributed by atoms with Gasteiger partial charge in [0, 0.05) is 11.6 Å². The maximum Gasteiger partial charge on any atom is 0.251 e. The van der Waals surface area contributed by atoms with Gasteiger partial charge in [-0.25, -0.2) is 0 Å². The standard InChI is InChI=1S/C19H23NO/c1-14(2)20-19(21)18-11-7-10-17(15(18)3)13-12-16-8-5-4-6-9-16/h4-11,14H,12-13H2,1-3H3,(H,20,21). The summed E-state index contributed by atoms with van der Waals surface area (Å²) in [4.78, 5) is 12.2. The molecule has 2 nitrogen and oxygen atoms in total. The van der Waals surface area contributed by atoms with E-state index in [-0.39, 0.29) is 11.9 Å². The van der Waals surface area contributed by atoms with Gasteiger partial charge in [0.2, 0.25) is 0 Å². The summed E-state index contributed by atoms with van der Waals surface area (Å²) in [5.74, 6) is 0.0176. The van der Waals surface area contributed by atoms with Crippen LogP contribution in [0, 0.1) is 6.92 Å². The second kappa shape index (κ2) is 7.07. The van der Waals surface area contributed by atoms with Gasteiger partial charge in [-0.15, -0.1) is 0 Å². The van der Waals surface area contributed by atoms with E-state index in [1.54, 1.807) is 0 Å². The zero-order valence-electron chi connectivity index (χ0n) is 13.0. The van der Waals surface area contributed by atoms with Gasteiger partial charge in [0.25, 0.3) is 5.91 Å². The molecule has 0 unspecified atom stereocenters. The van der Waals surface area contributed by atoms with Crippen LogP contribution in [0.2, 0.25) is 0 Å². The number of carbonyl (C=O) groups is 1. The Hall–Kier alpha value is -2.09. The minimum absolute atomic E-state index is 0.0176. The zero-order chi connectivity index (χ0) is 15.2. The van der Waals surface area contributed by atoms with E-state index in [1.165, 1.54) is 11.1 Å². The van der Waals surface area contributed by atoms with Crippen molar-refractivity contribution in [1.29, 1.82) is 0 Å². The Balaban J connectivity index is 2.12. The van der Waals surface area contributed by atoms with Gasteiger partial charge in [-0.3, -0.25) is 4.79 Å². The van der Waals surface area contributed by atoms with Crippen molar-refractivity contribution in [2.75, 3.05) is 0 Å². The van der Waals surface area contributed by atoms with Gasteiger partial charge >= 0.3 is 0 Å². The van der Waals surface area contributed by atoms with Crippen molar-refractivity contribution in [2.24, 2.45) is 0 Å². The highest BCUT2D eigenvalue weighted by molar-refractivity contribution is 5.96. The summed E-state index contributed by atoms with van der Waals surface area (Å²) >= 11 is 0. The van der Waals surface area contributed by atoms with E-state index in [0.717, 1.165) is 24.0 Å². The number of amides is 1. The van der Waals surface area contributed by atoms with Crippen LogP contribution in [0.1, 0.15) is 40.9 Å². The average Bonchev–Trinajstić information content (AvgIpc) is 2.46. The average molecular weight is 281 g/mol. The van der Waals surface area contributed by atoms with Gasteiger partial charge in [-0.1, -0.05) is 42.5 Å². The van der Waals surface area contributed by atoms with E-state index < -0.39 is 0 Å². The van der Waals surface area contributed by atoms with Crippen molar-refractivity contribution in [3.8, 4) is 0 Å². The first-order valence-electron chi connectivity index (χ1n) is 7.51. The van der Waals surface area contributed by atoms with E-state index in [9.17, 15) is 4.79 Å². The number of benzene rings is 2. The highest BCUT2D eigenvalue weighted by atomic mass is 16.1. The Morgan fingerprint density at radius 3 is 2.38 bits per heavy atom. The molecule has 0 aliphatic rings. The van der Waals surface area contributed by atoms with Crippen LogP contribution < -0.4 is 5.32 Å². The fourth-order valence-corrected chi connectivity index (χ4v) is 2.46. The van der Waals surface area contributed by atoms with Crippen molar-refractivity contribution >= 4 is 5.91 Å². The van der Waals surface area contributed by atoms with Gasteiger partial charge in [0.1, 0.15) is 0 Å². The molecular weight excluding hydrogens is 258 g/mol. The topological polar surface area (TPSA) is 29.1 Å². The van der Waals surface area contributed by atoms with E-state index in [2.05, 4.69) is 35.6 Å². The van der Waals surface area contributed by atoms with Crippen LogP contribution in [0.5, 0.6) is 0 Å². The first-order valence-corrected chi connectivity index (χ1v) is 7.51. The molecule has 2 rings (SSSR count). The third-order valence-corrected chi connectivity index (χ3v) is 3.64. The van der Waals surface area contributed by atoms with Crippen LogP contribution in [0.3, 0.4) is 0 Å². The minimum atomic E-state index is 0.0176. The third-order valence-electron chi connectivity index (χ3n) is 3.64. The Morgan fingerprint density at radius 1 is 1.00 bits per heavy atom. The molecule has 0 heterocycles. The summed E-state index contributed by atoms with van der Waals surface area (Å²) in [6.07, 6.45) is 1.95. The molecule has 0 saturated carbocycles. The predicted molar refractivity (Wildman–Crippen MR) is 87.6 cm³/mol. The Morgan fingerprint density at radius 2 is 1.71 bits per heavy atom. The number of rotatable bonds is 5. The SMILES string of the molecule is Cc1c(CCc2ccccc2)cccc1C(=O)NC(C)C. The van der Waals surface area contributed by atoms with Gasteiger partial charge < -0.3 is 5.32 Å². The van der Waals surface area contributed by atoms with E-state index in [0.29, 0.717) is 0 Å². The molecule has 2 aromatic carbocycles. The Labute approximate surface area is 127 Å². The summed E-state index contributed by atoms with van der Waals surface area (Å²) in [6, 6.07) is 16.6. The van der Waals surface area contributed by atoms with Crippen molar-refractivity contribution in [3.05, 3.63) is 70.8 Å². The summed E-state index contributed by atoms with van der Waals surface area (Å²) in [7, 11) is 0. The first kappa shape index (κ1) is 15.3. The minimum Gasteiger partial charge on any atom is -0.350 e. The van der Waals surface area contributed by atoms with Crippen molar-refractivity contribution in [2.45, 2.75) is 39.7 Å². The molecule has 1 N–H and O–H groups in total. The number of hydrogen-bond donors (Lipinski definition) is 1. The van der Waals surface area contributed by atoms with Crippen LogP contribution in [0.15, 0.2) is 48.5 Å². The summed E-state index contributed by atoms with van der Waals surface area (Å²) in [6.45, 7) is 5.99. The fourth-order valence-electron chi connectivity index (χ4n) is 2.46. The van der Waals surface area contributed by atoms with Gasteiger partial charge in [0.05, 0.1) is 0 Å². The monoisotopic (exact) mass is 281 g/mol. The molecule has 21 heavy (non-hydrogen) atoms. The molecule has 0 saturated heterocycles. The second-order valence-corrected chi connectivity index (χ2v) is 5.70. The quantitative estimate of drug-likeness (QED) is 0.884. The molecule has 110 valence electrons. The van der Waals surface area contributed by atoms with Gasteiger partial charge in [-0.05, 0) is 56.4 Å². The maximum absolute atomic E-state index is 12.2. The zero-order valence-corrected chi connectivity index (χ0v) is 13.0. The molecule has 0 aromatic heterocycles. The number of hydrogen-bond acceptors (Lipinski definition) is 1. The van der Waals surface area contributed by atoms with Crippen molar-refractivity contribution < 1.29 is 4.79 Å². The van der Waals surface area contributed by atoms with Crippen molar-refractivity contribution in [3.63, 3.8) is 0 Å². The number of aryl methyl sites for hydroxylation is 2.